The molecule has 0 fully saturated rings. The molecule has 0 radical (unpaired) electrons. The summed E-state index contributed by atoms with van der Waals surface area (Å²) in [4.78, 5) is 0. The predicted octanol–water partition coefficient (Wildman–Crippen LogP) is 7.97. The molecule has 0 bridgehead atoms. The standard InChI is InChI=1S/C20H32P2/c1-10-11-20(21-16(6)12(2)13(3)17(21)7)22-18(8)14(4)15(5)19(22)9/h20H,10-11H2,1-9H3. The lowest BCUT2D eigenvalue weighted by molar-refractivity contribution is 0.837. The van der Waals surface area contributed by atoms with Crippen molar-refractivity contribution in [2.75, 3.05) is 0 Å². The molecule has 0 saturated carbocycles. The van der Waals surface area contributed by atoms with E-state index in [4.69, 9.17) is 0 Å². The van der Waals surface area contributed by atoms with Gasteiger partial charge in [0.15, 0.2) is 0 Å². The second kappa shape index (κ2) is 6.59. The Labute approximate surface area is 139 Å². The largest absolute Gasteiger partial charge is 0.107 e. The van der Waals surface area contributed by atoms with E-state index in [2.05, 4.69) is 62.3 Å². The van der Waals surface area contributed by atoms with Crippen LogP contribution >= 0.6 is 15.1 Å². The summed E-state index contributed by atoms with van der Waals surface area (Å²) >= 11 is 0. The van der Waals surface area contributed by atoms with E-state index in [0.717, 1.165) is 5.40 Å². The van der Waals surface area contributed by atoms with E-state index in [1.54, 1.807) is 43.4 Å². The highest BCUT2D eigenvalue weighted by atomic mass is 31.2. The second-order valence-electron chi connectivity index (χ2n) is 6.85. The van der Waals surface area contributed by atoms with Crippen LogP contribution in [0.1, 0.15) is 68.6 Å². The monoisotopic (exact) mass is 334 g/mol. The summed E-state index contributed by atoms with van der Waals surface area (Å²) in [6.07, 6.45) is 2.68. The Balaban J connectivity index is 2.73. The first-order chi connectivity index (χ1) is 10.2. The molecule has 0 aliphatic rings. The summed E-state index contributed by atoms with van der Waals surface area (Å²) in [6.45, 7) is 21.3. The molecule has 2 heteroatoms. The maximum Gasteiger partial charge on any atom is 0.0368 e. The zero-order valence-electron chi connectivity index (χ0n) is 15.9. The first kappa shape index (κ1) is 17.9. The Morgan fingerprint density at radius 1 is 0.591 bits per heavy atom. The Morgan fingerprint density at radius 2 is 0.864 bits per heavy atom. The summed E-state index contributed by atoms with van der Waals surface area (Å²) < 4.78 is 0. The topological polar surface area (TPSA) is 0 Å². The highest BCUT2D eigenvalue weighted by Gasteiger charge is 2.26. The van der Waals surface area contributed by atoms with Gasteiger partial charge in [0.05, 0.1) is 0 Å². The highest BCUT2D eigenvalue weighted by Crippen LogP contribution is 2.67. The molecule has 0 aromatic carbocycles. The molecule has 0 saturated heterocycles. The normalized spacial score (nSPS) is 11.7. The zero-order valence-corrected chi connectivity index (χ0v) is 17.7. The highest BCUT2D eigenvalue weighted by molar-refractivity contribution is 7.69. The van der Waals surface area contributed by atoms with Crippen LogP contribution < -0.4 is 0 Å². The minimum absolute atomic E-state index is 0.0982. The number of rotatable bonds is 4. The molecule has 0 unspecified atom stereocenters. The average molecular weight is 334 g/mol. The van der Waals surface area contributed by atoms with Crippen LogP contribution in [-0.4, -0.2) is 0 Å². The van der Waals surface area contributed by atoms with Crippen molar-refractivity contribution in [3.63, 3.8) is 0 Å². The Morgan fingerprint density at radius 3 is 1.09 bits per heavy atom. The molecule has 2 rings (SSSR count). The summed E-state index contributed by atoms with van der Waals surface area (Å²) in [7, 11) is -0.196. The van der Waals surface area contributed by atoms with Gasteiger partial charge >= 0.3 is 0 Å². The van der Waals surface area contributed by atoms with E-state index in [1.165, 1.54) is 12.8 Å². The zero-order chi connectivity index (χ0) is 16.8. The summed E-state index contributed by atoms with van der Waals surface area (Å²) in [5.74, 6) is 0. The van der Waals surface area contributed by atoms with Crippen LogP contribution in [0, 0.1) is 55.4 Å². The second-order valence-corrected chi connectivity index (χ2v) is 12.7. The van der Waals surface area contributed by atoms with Gasteiger partial charge in [-0.1, -0.05) is 13.3 Å². The Kier molecular flexibility index (Phi) is 5.36. The van der Waals surface area contributed by atoms with E-state index in [0.29, 0.717) is 0 Å². The SMILES string of the molecule is CCCC(p1c(C)c(C)c(C)c1C)p1c(C)c(C)c(C)c1C. The van der Waals surface area contributed by atoms with Gasteiger partial charge in [0.2, 0.25) is 0 Å². The van der Waals surface area contributed by atoms with Crippen molar-refractivity contribution in [1.82, 2.24) is 0 Å². The molecule has 0 nitrogen and oxygen atoms in total. The van der Waals surface area contributed by atoms with Gasteiger partial charge in [-0.15, -0.1) is 15.1 Å². The van der Waals surface area contributed by atoms with Crippen molar-refractivity contribution in [3.8, 4) is 0 Å². The van der Waals surface area contributed by atoms with Gasteiger partial charge in [0.1, 0.15) is 0 Å². The van der Waals surface area contributed by atoms with Crippen LogP contribution in [0.15, 0.2) is 0 Å². The van der Waals surface area contributed by atoms with Crippen molar-refractivity contribution in [3.05, 3.63) is 43.4 Å². The molecule has 0 atom stereocenters. The molecule has 22 heavy (non-hydrogen) atoms. The van der Waals surface area contributed by atoms with Gasteiger partial charge in [0.25, 0.3) is 0 Å². The lowest BCUT2D eigenvalue weighted by Gasteiger charge is -2.23. The van der Waals surface area contributed by atoms with Crippen LogP contribution in [-0.2, 0) is 0 Å². The van der Waals surface area contributed by atoms with Crippen LogP contribution in [0.4, 0.5) is 0 Å². The smallest absolute Gasteiger partial charge is 0.0368 e. The van der Waals surface area contributed by atoms with E-state index in [1.807, 2.05) is 0 Å². The van der Waals surface area contributed by atoms with Gasteiger partial charge in [-0.05, 0) is 105 Å². The Bertz CT molecular complexity index is 589. The fourth-order valence-corrected chi connectivity index (χ4v) is 12.8. The minimum Gasteiger partial charge on any atom is -0.107 e. The predicted molar refractivity (Wildman–Crippen MR) is 106 cm³/mol. The van der Waals surface area contributed by atoms with Gasteiger partial charge < -0.3 is 0 Å². The molecular formula is C20H32P2. The number of hydrogen-bond donors (Lipinski definition) is 0. The molecular weight excluding hydrogens is 302 g/mol. The van der Waals surface area contributed by atoms with E-state index < -0.39 is 0 Å². The molecule has 122 valence electrons. The van der Waals surface area contributed by atoms with Gasteiger partial charge in [-0.3, -0.25) is 0 Å². The van der Waals surface area contributed by atoms with Crippen molar-refractivity contribution in [1.29, 1.82) is 0 Å². The summed E-state index contributed by atoms with van der Waals surface area (Å²) in [6, 6.07) is 0. The maximum absolute atomic E-state index is 2.41. The third-order valence-electron chi connectivity index (χ3n) is 5.88. The van der Waals surface area contributed by atoms with Crippen molar-refractivity contribution in [2.45, 2.75) is 80.6 Å². The maximum atomic E-state index is 2.41. The molecule has 2 aromatic heterocycles. The molecule has 0 spiro atoms. The quantitative estimate of drug-likeness (QED) is 0.531. The van der Waals surface area contributed by atoms with E-state index in [9.17, 15) is 0 Å². The minimum atomic E-state index is -0.0982. The molecule has 2 heterocycles. The van der Waals surface area contributed by atoms with Crippen molar-refractivity contribution >= 4 is 15.1 Å². The fraction of sp³-hybridized carbons (Fsp3) is 0.600. The summed E-state index contributed by atoms with van der Waals surface area (Å²) in [5.41, 5.74) is 6.32. The first-order valence-corrected chi connectivity index (χ1v) is 11.3. The van der Waals surface area contributed by atoms with Crippen LogP contribution in [0.2, 0.25) is 0 Å². The third kappa shape index (κ3) is 2.64. The summed E-state index contributed by atoms with van der Waals surface area (Å²) in [5, 5.41) is 7.67. The molecule has 0 amide bonds. The fourth-order valence-electron chi connectivity index (χ4n) is 3.84. The van der Waals surface area contributed by atoms with Crippen molar-refractivity contribution in [2.24, 2.45) is 0 Å². The van der Waals surface area contributed by atoms with Crippen molar-refractivity contribution < 1.29 is 0 Å². The first-order valence-electron chi connectivity index (χ1n) is 8.53. The molecule has 0 aliphatic heterocycles. The molecule has 0 aliphatic carbocycles. The van der Waals surface area contributed by atoms with Gasteiger partial charge in [0, 0.05) is 5.40 Å². The lowest BCUT2D eigenvalue weighted by atomic mass is 10.2. The average Bonchev–Trinajstić information content (AvgIpc) is 2.79. The van der Waals surface area contributed by atoms with Gasteiger partial charge in [-0.25, -0.2) is 0 Å². The van der Waals surface area contributed by atoms with Crippen LogP contribution in [0.5, 0.6) is 0 Å². The van der Waals surface area contributed by atoms with E-state index in [-0.39, 0.29) is 15.1 Å². The van der Waals surface area contributed by atoms with Gasteiger partial charge in [-0.2, -0.15) is 0 Å². The van der Waals surface area contributed by atoms with Crippen LogP contribution in [0.3, 0.4) is 0 Å². The lowest BCUT2D eigenvalue weighted by Crippen LogP contribution is -1.86. The molecule has 0 N–H and O–H groups in total. The molecule has 2 aromatic rings. The van der Waals surface area contributed by atoms with E-state index >= 15 is 0 Å². The Hall–Kier alpha value is -0.440. The van der Waals surface area contributed by atoms with Crippen LogP contribution in [0.25, 0.3) is 0 Å². The third-order valence-corrected chi connectivity index (χ3v) is 13.2. The number of hydrogen-bond acceptors (Lipinski definition) is 0.